The topological polar surface area (TPSA) is 55.5 Å². The van der Waals surface area contributed by atoms with Crippen molar-refractivity contribution in [2.24, 2.45) is 5.73 Å². The number of aliphatic hydroxyl groups excluding tert-OH is 1. The average molecular weight is 360 g/mol. The third kappa shape index (κ3) is 4.58. The van der Waals surface area contributed by atoms with Crippen LogP contribution in [0.3, 0.4) is 0 Å². The summed E-state index contributed by atoms with van der Waals surface area (Å²) in [5, 5.41) is 9.77. The first-order chi connectivity index (χ1) is 10.4. The Morgan fingerprint density at radius 2 is 2.00 bits per heavy atom. The normalized spacial score (nSPS) is 13.1. The number of aliphatic hydroxyl groups is 1. The highest BCUT2D eigenvalue weighted by molar-refractivity contribution is 6.32. The minimum atomic E-state index is -0.635. The van der Waals surface area contributed by atoms with Gasteiger partial charge in [-0.2, -0.15) is 0 Å². The van der Waals surface area contributed by atoms with E-state index in [9.17, 15) is 9.50 Å². The molecule has 0 saturated carbocycles. The van der Waals surface area contributed by atoms with Crippen molar-refractivity contribution in [3.05, 3.63) is 58.4 Å². The number of nitrogens with two attached hydrogens (primary N) is 1. The Morgan fingerprint density at radius 1 is 1.30 bits per heavy atom. The van der Waals surface area contributed by atoms with Crippen molar-refractivity contribution in [2.75, 3.05) is 0 Å². The number of rotatable bonds is 5. The second-order valence-electron chi connectivity index (χ2n) is 5.14. The first-order valence-corrected chi connectivity index (χ1v) is 7.51. The van der Waals surface area contributed by atoms with E-state index in [2.05, 4.69) is 0 Å². The molecule has 0 fully saturated rings. The van der Waals surface area contributed by atoms with Crippen LogP contribution >= 0.6 is 24.0 Å². The molecule has 3 N–H and O–H groups in total. The van der Waals surface area contributed by atoms with Crippen molar-refractivity contribution >= 4 is 24.0 Å². The second kappa shape index (κ2) is 8.50. The lowest BCUT2D eigenvalue weighted by Gasteiger charge is -2.16. The van der Waals surface area contributed by atoms with Crippen molar-refractivity contribution in [3.8, 4) is 11.5 Å². The standard InChI is InChI=1S/C17H19ClFNO2.ClH/c1-3-15(20)13-7-8-14(18)17(16(13)19)22-12-6-4-5-11(9-12)10(2)21;/h4-10,15,21H,3,20H2,1-2H3;1H/t10?,15-;/m0./s1. The van der Waals surface area contributed by atoms with Gasteiger partial charge in [0, 0.05) is 11.6 Å². The SMILES string of the molecule is CC[C@H](N)c1ccc(Cl)c(Oc2cccc(C(C)O)c2)c1F.Cl. The van der Waals surface area contributed by atoms with E-state index >= 15 is 0 Å². The van der Waals surface area contributed by atoms with Crippen molar-refractivity contribution in [3.63, 3.8) is 0 Å². The predicted molar refractivity (Wildman–Crippen MR) is 93.0 cm³/mol. The van der Waals surface area contributed by atoms with Crippen molar-refractivity contribution < 1.29 is 14.2 Å². The van der Waals surface area contributed by atoms with Gasteiger partial charge in [0.25, 0.3) is 0 Å². The summed E-state index contributed by atoms with van der Waals surface area (Å²) in [6.45, 7) is 3.53. The summed E-state index contributed by atoms with van der Waals surface area (Å²) in [7, 11) is 0. The van der Waals surface area contributed by atoms with Gasteiger partial charge in [0.2, 0.25) is 0 Å². The lowest BCUT2D eigenvalue weighted by Crippen LogP contribution is -2.11. The monoisotopic (exact) mass is 359 g/mol. The number of benzene rings is 2. The van der Waals surface area contributed by atoms with Gasteiger partial charge in [-0.05, 0) is 37.1 Å². The maximum atomic E-state index is 14.6. The Balaban J connectivity index is 0.00000264. The van der Waals surface area contributed by atoms with E-state index in [1.807, 2.05) is 6.92 Å². The van der Waals surface area contributed by atoms with E-state index in [-0.39, 0.29) is 23.2 Å². The fourth-order valence-electron chi connectivity index (χ4n) is 2.10. The largest absolute Gasteiger partial charge is 0.453 e. The first kappa shape index (κ1) is 19.7. The summed E-state index contributed by atoms with van der Waals surface area (Å²) >= 11 is 6.05. The van der Waals surface area contributed by atoms with Gasteiger partial charge in [0.1, 0.15) is 5.75 Å². The molecule has 1 unspecified atom stereocenters. The van der Waals surface area contributed by atoms with Crippen LogP contribution in [0.4, 0.5) is 4.39 Å². The summed E-state index contributed by atoms with van der Waals surface area (Å²) in [5.41, 5.74) is 6.94. The molecule has 23 heavy (non-hydrogen) atoms. The number of hydrogen-bond acceptors (Lipinski definition) is 3. The predicted octanol–water partition coefficient (Wildman–Crippen LogP) is 5.16. The minimum absolute atomic E-state index is 0. The molecule has 2 atom stereocenters. The van der Waals surface area contributed by atoms with Crippen molar-refractivity contribution in [2.45, 2.75) is 32.4 Å². The van der Waals surface area contributed by atoms with Gasteiger partial charge in [0.15, 0.2) is 11.6 Å². The van der Waals surface area contributed by atoms with E-state index in [0.29, 0.717) is 23.3 Å². The molecule has 3 nitrogen and oxygen atoms in total. The fourth-order valence-corrected chi connectivity index (χ4v) is 2.29. The first-order valence-electron chi connectivity index (χ1n) is 7.13. The Hall–Kier alpha value is -1.33. The molecule has 0 saturated heterocycles. The number of ether oxygens (including phenoxy) is 1. The Kier molecular flexibility index (Phi) is 7.29. The molecule has 0 aromatic heterocycles. The van der Waals surface area contributed by atoms with Crippen molar-refractivity contribution in [1.29, 1.82) is 0 Å². The van der Waals surface area contributed by atoms with E-state index < -0.39 is 18.0 Å². The molecule has 2 aromatic rings. The summed E-state index contributed by atoms with van der Waals surface area (Å²) in [4.78, 5) is 0. The molecule has 0 bridgehead atoms. The molecule has 0 amide bonds. The molecule has 0 aliphatic rings. The Morgan fingerprint density at radius 3 is 2.61 bits per heavy atom. The molecule has 0 aliphatic heterocycles. The zero-order valence-electron chi connectivity index (χ0n) is 12.9. The maximum Gasteiger partial charge on any atom is 0.181 e. The van der Waals surface area contributed by atoms with Gasteiger partial charge in [-0.15, -0.1) is 12.4 Å². The Bertz CT molecular complexity index is 665. The highest BCUT2D eigenvalue weighted by atomic mass is 35.5. The molecule has 0 spiro atoms. The molecule has 0 aliphatic carbocycles. The molecule has 2 aromatic carbocycles. The quantitative estimate of drug-likeness (QED) is 0.775. The molecule has 0 radical (unpaired) electrons. The minimum Gasteiger partial charge on any atom is -0.453 e. The van der Waals surface area contributed by atoms with Crippen LogP contribution in [-0.4, -0.2) is 5.11 Å². The third-order valence-electron chi connectivity index (χ3n) is 3.48. The van der Waals surface area contributed by atoms with Crippen LogP contribution in [0.2, 0.25) is 5.02 Å². The summed E-state index contributed by atoms with van der Waals surface area (Å²) < 4.78 is 20.2. The van der Waals surface area contributed by atoms with Gasteiger partial charge in [0.05, 0.1) is 11.1 Å². The van der Waals surface area contributed by atoms with Gasteiger partial charge >= 0.3 is 0 Å². The van der Waals surface area contributed by atoms with E-state index in [4.69, 9.17) is 22.1 Å². The summed E-state index contributed by atoms with van der Waals surface area (Å²) in [5.74, 6) is -0.198. The average Bonchev–Trinajstić information content (AvgIpc) is 2.51. The van der Waals surface area contributed by atoms with E-state index in [1.54, 1.807) is 43.3 Å². The smallest absolute Gasteiger partial charge is 0.181 e. The van der Waals surface area contributed by atoms with Crippen LogP contribution in [0, 0.1) is 5.82 Å². The van der Waals surface area contributed by atoms with Gasteiger partial charge < -0.3 is 15.6 Å². The van der Waals surface area contributed by atoms with Gasteiger partial charge in [-0.1, -0.05) is 36.7 Å². The molecule has 2 rings (SSSR count). The highest BCUT2D eigenvalue weighted by Crippen LogP contribution is 2.36. The summed E-state index contributed by atoms with van der Waals surface area (Å²) in [6, 6.07) is 9.54. The maximum absolute atomic E-state index is 14.6. The van der Waals surface area contributed by atoms with Gasteiger partial charge in [-0.3, -0.25) is 0 Å². The number of hydrogen-bond donors (Lipinski definition) is 2. The number of halogens is 3. The summed E-state index contributed by atoms with van der Waals surface area (Å²) in [6.07, 6.45) is -0.0288. The molecule has 6 heteroatoms. The van der Waals surface area contributed by atoms with Gasteiger partial charge in [-0.25, -0.2) is 4.39 Å². The van der Waals surface area contributed by atoms with Crippen LogP contribution in [0.25, 0.3) is 0 Å². The molecular formula is C17H20Cl2FNO2. The van der Waals surface area contributed by atoms with E-state index in [0.717, 1.165) is 0 Å². The van der Waals surface area contributed by atoms with Crippen LogP contribution < -0.4 is 10.5 Å². The third-order valence-corrected chi connectivity index (χ3v) is 3.78. The highest BCUT2D eigenvalue weighted by Gasteiger charge is 2.18. The molecular weight excluding hydrogens is 340 g/mol. The van der Waals surface area contributed by atoms with E-state index in [1.165, 1.54) is 0 Å². The lowest BCUT2D eigenvalue weighted by molar-refractivity contribution is 0.199. The van der Waals surface area contributed by atoms with Crippen LogP contribution in [0.1, 0.15) is 43.5 Å². The molecule has 126 valence electrons. The zero-order valence-corrected chi connectivity index (χ0v) is 14.5. The Labute approximate surface area is 146 Å². The van der Waals surface area contributed by atoms with Crippen molar-refractivity contribution in [1.82, 2.24) is 0 Å². The lowest BCUT2D eigenvalue weighted by atomic mass is 10.0. The van der Waals surface area contributed by atoms with Crippen LogP contribution in [0.15, 0.2) is 36.4 Å². The fraction of sp³-hybridized carbons (Fsp3) is 0.294. The van der Waals surface area contributed by atoms with Crippen LogP contribution in [0.5, 0.6) is 11.5 Å². The molecule has 0 heterocycles. The zero-order chi connectivity index (χ0) is 16.3. The van der Waals surface area contributed by atoms with Crippen LogP contribution in [-0.2, 0) is 0 Å². The second-order valence-corrected chi connectivity index (χ2v) is 5.55.